The Kier molecular flexibility index (Phi) is 16.3. The Balaban J connectivity index is -0.000000180. The van der Waals surface area contributed by atoms with Crippen LogP contribution in [0, 0.1) is 0 Å². The van der Waals surface area contributed by atoms with Crippen LogP contribution in [0.15, 0.2) is 22.2 Å². The van der Waals surface area contributed by atoms with E-state index >= 15 is 0 Å². The molecule has 15 heavy (non-hydrogen) atoms. The van der Waals surface area contributed by atoms with E-state index in [0.717, 1.165) is 0 Å². The van der Waals surface area contributed by atoms with Crippen molar-refractivity contribution in [2.45, 2.75) is 13.8 Å². The summed E-state index contributed by atoms with van der Waals surface area (Å²) in [6, 6.07) is 0. The zero-order valence-electron chi connectivity index (χ0n) is 8.25. The van der Waals surface area contributed by atoms with Gasteiger partial charge in [0.25, 0.3) is 0 Å². The van der Waals surface area contributed by atoms with Crippen LogP contribution < -0.4 is 10.2 Å². The molecule has 0 aliphatic rings. The predicted octanol–water partition coefficient (Wildman–Crippen LogP) is -0.245. The number of carbonyl (C=O) groups excluding carboxylic acids is 2. The molecule has 0 unspecified atom stereocenters. The molecule has 0 amide bonds. The maximum absolute atomic E-state index is 9.62. The molecule has 0 atom stereocenters. The molecule has 0 aliphatic carbocycles. The molecule has 0 rings (SSSR count). The van der Waals surface area contributed by atoms with Crippen molar-refractivity contribution in [2.24, 2.45) is 0 Å². The summed E-state index contributed by atoms with van der Waals surface area (Å²) in [5, 5.41) is 18.7. The van der Waals surface area contributed by atoms with Crippen LogP contribution in [-0.2, 0) is 36.9 Å². The number of halogens is 2. The molecular weight excluding hydrogens is 343 g/mol. The van der Waals surface area contributed by atoms with Gasteiger partial charge in [-0.15, -0.1) is 0 Å². The largest absolute Gasteiger partial charge is 2.00 e. The molecule has 0 aromatic carbocycles. The zero-order valence-corrected chi connectivity index (χ0v) is 13.8. The van der Waals surface area contributed by atoms with Crippen molar-refractivity contribution in [1.29, 1.82) is 0 Å². The van der Waals surface area contributed by atoms with Crippen LogP contribution >= 0.6 is 23.2 Å². The molecular formula is C8H8CdCl2O4. The van der Waals surface area contributed by atoms with Gasteiger partial charge in [-0.25, -0.2) is 0 Å². The monoisotopic (exact) mass is 352 g/mol. The Morgan fingerprint density at radius 3 is 1.13 bits per heavy atom. The van der Waals surface area contributed by atoms with E-state index in [1.54, 1.807) is 0 Å². The number of carboxylic acids is 2. The van der Waals surface area contributed by atoms with Crippen LogP contribution in [0.4, 0.5) is 0 Å². The molecule has 0 fully saturated rings. The average Bonchev–Trinajstić information content (AvgIpc) is 2.15. The van der Waals surface area contributed by atoms with Crippen molar-refractivity contribution in [3.05, 3.63) is 22.2 Å². The molecule has 0 radical (unpaired) electrons. The van der Waals surface area contributed by atoms with Gasteiger partial charge in [-0.05, 0) is 13.8 Å². The molecule has 7 heteroatoms. The summed E-state index contributed by atoms with van der Waals surface area (Å²) < 4.78 is 0. The van der Waals surface area contributed by atoms with E-state index in [0.29, 0.717) is 0 Å². The van der Waals surface area contributed by atoms with E-state index in [9.17, 15) is 19.8 Å². The minimum atomic E-state index is -1.33. The third-order valence-electron chi connectivity index (χ3n) is 0.897. The summed E-state index contributed by atoms with van der Waals surface area (Å²) in [6.07, 6.45) is 2.52. The summed E-state index contributed by atoms with van der Waals surface area (Å²) in [7, 11) is 0. The van der Waals surface area contributed by atoms with Gasteiger partial charge >= 0.3 is 27.3 Å². The van der Waals surface area contributed by atoms with Gasteiger partial charge in [0, 0.05) is 0 Å². The summed E-state index contributed by atoms with van der Waals surface area (Å²) in [6.45, 7) is 3.05. The Morgan fingerprint density at radius 2 is 1.13 bits per heavy atom. The second kappa shape index (κ2) is 12.0. The Labute approximate surface area is 118 Å². The first kappa shape index (κ1) is 20.3. The van der Waals surface area contributed by atoms with Crippen molar-refractivity contribution >= 4 is 35.1 Å². The first-order valence-electron chi connectivity index (χ1n) is 3.43. The first-order valence-corrected chi connectivity index (χ1v) is 4.18. The topological polar surface area (TPSA) is 80.3 Å². The Bertz CT molecular complexity index is 246. The standard InChI is InChI=1S/2C4H5ClO2.Cd/c2*1-2-3(5)4(6)7;/h2*2H,1H3,(H,6,7);/q;;+2/p-2/b2*3-2-;. The molecule has 0 saturated carbocycles. The zero-order chi connectivity index (χ0) is 11.7. The number of allylic oxidation sites excluding steroid dienone is 2. The van der Waals surface area contributed by atoms with Crippen LogP contribution in [0.3, 0.4) is 0 Å². The number of rotatable bonds is 2. The number of hydrogen-bond acceptors (Lipinski definition) is 4. The number of aliphatic carboxylic acids is 2. The maximum atomic E-state index is 9.62. The number of carboxylic acid groups (broad SMARTS) is 2. The molecule has 0 saturated heterocycles. The predicted molar refractivity (Wildman–Crippen MR) is 49.2 cm³/mol. The molecule has 0 N–H and O–H groups in total. The second-order valence-electron chi connectivity index (χ2n) is 1.85. The van der Waals surface area contributed by atoms with Crippen LogP contribution in [0.5, 0.6) is 0 Å². The fraction of sp³-hybridized carbons (Fsp3) is 0.250. The SMILES string of the molecule is C/C=C(\Cl)C(=O)[O-].C/C=C(\Cl)C(=O)[O-].[Cd+2]. The van der Waals surface area contributed by atoms with E-state index in [2.05, 4.69) is 0 Å². The van der Waals surface area contributed by atoms with E-state index in [1.165, 1.54) is 26.0 Å². The van der Waals surface area contributed by atoms with Gasteiger partial charge in [-0.1, -0.05) is 35.4 Å². The van der Waals surface area contributed by atoms with Gasteiger partial charge in [0.15, 0.2) is 0 Å². The Hall–Kier alpha value is -0.0779. The van der Waals surface area contributed by atoms with Crippen LogP contribution in [0.1, 0.15) is 13.8 Å². The summed E-state index contributed by atoms with van der Waals surface area (Å²) in [4.78, 5) is 19.2. The van der Waals surface area contributed by atoms with E-state index in [1.807, 2.05) is 0 Å². The number of hydrogen-bond donors (Lipinski definition) is 0. The van der Waals surface area contributed by atoms with Gasteiger partial charge in [0.1, 0.15) is 0 Å². The van der Waals surface area contributed by atoms with Crippen LogP contribution in [0.25, 0.3) is 0 Å². The first-order chi connectivity index (χ1) is 6.36. The molecule has 0 bridgehead atoms. The van der Waals surface area contributed by atoms with Gasteiger partial charge < -0.3 is 19.8 Å². The quantitative estimate of drug-likeness (QED) is 0.508. The maximum Gasteiger partial charge on any atom is 2.00 e. The molecule has 80 valence electrons. The van der Waals surface area contributed by atoms with Crippen molar-refractivity contribution in [3.8, 4) is 0 Å². The van der Waals surface area contributed by atoms with Gasteiger partial charge in [0.2, 0.25) is 0 Å². The second-order valence-corrected chi connectivity index (χ2v) is 2.66. The van der Waals surface area contributed by atoms with Crippen molar-refractivity contribution < 1.29 is 47.1 Å². The van der Waals surface area contributed by atoms with Gasteiger partial charge in [-0.3, -0.25) is 0 Å². The minimum Gasteiger partial charge on any atom is -0.544 e. The smallest absolute Gasteiger partial charge is 0.544 e. The van der Waals surface area contributed by atoms with E-state index < -0.39 is 11.9 Å². The van der Waals surface area contributed by atoms with Gasteiger partial charge in [-0.2, -0.15) is 0 Å². The average molecular weight is 351 g/mol. The minimum absolute atomic E-state index is 0. The van der Waals surface area contributed by atoms with Gasteiger partial charge in [0.05, 0.1) is 22.0 Å². The normalized spacial score (nSPS) is 10.7. The molecule has 0 spiro atoms. The third kappa shape index (κ3) is 13.9. The summed E-state index contributed by atoms with van der Waals surface area (Å²) >= 11 is 10.00. The van der Waals surface area contributed by atoms with Crippen molar-refractivity contribution in [3.63, 3.8) is 0 Å². The summed E-state index contributed by atoms with van der Waals surface area (Å²) in [5.74, 6) is -2.66. The van der Waals surface area contributed by atoms with E-state index in [4.69, 9.17) is 23.2 Å². The number of carbonyl (C=O) groups is 2. The Morgan fingerprint density at radius 1 is 0.933 bits per heavy atom. The molecule has 0 aromatic heterocycles. The third-order valence-corrected chi connectivity index (χ3v) is 1.64. The van der Waals surface area contributed by atoms with Crippen LogP contribution in [-0.4, -0.2) is 11.9 Å². The fourth-order valence-corrected chi connectivity index (χ4v) is 0.236. The van der Waals surface area contributed by atoms with Crippen LogP contribution in [0.2, 0.25) is 0 Å². The molecule has 0 aliphatic heterocycles. The van der Waals surface area contributed by atoms with Crippen molar-refractivity contribution in [2.75, 3.05) is 0 Å². The van der Waals surface area contributed by atoms with E-state index in [-0.39, 0.29) is 37.4 Å². The molecule has 0 aromatic rings. The molecule has 0 heterocycles. The molecule has 4 nitrogen and oxygen atoms in total. The van der Waals surface area contributed by atoms with Crippen molar-refractivity contribution in [1.82, 2.24) is 0 Å². The fourth-order valence-electron chi connectivity index (χ4n) is 0.236. The summed E-state index contributed by atoms with van der Waals surface area (Å²) in [5.41, 5.74) is 0.